The van der Waals surface area contributed by atoms with Crippen LogP contribution in [-0.2, 0) is 11.3 Å². The van der Waals surface area contributed by atoms with Gasteiger partial charge < -0.3 is 9.84 Å². The number of aryl methyl sites for hydroxylation is 2. The first kappa shape index (κ1) is 20.0. The fourth-order valence-electron chi connectivity index (χ4n) is 2.73. The maximum atomic E-state index is 13.1. The number of aliphatic hydroxyl groups is 1. The largest absolute Gasteiger partial charge is 0.388 e. The van der Waals surface area contributed by atoms with E-state index in [0.717, 1.165) is 10.4 Å². The Hall–Kier alpha value is -1.74. The van der Waals surface area contributed by atoms with Crippen LogP contribution in [-0.4, -0.2) is 34.1 Å². The van der Waals surface area contributed by atoms with Crippen LogP contribution in [0.3, 0.4) is 0 Å². The predicted molar refractivity (Wildman–Crippen MR) is 107 cm³/mol. The Morgan fingerprint density at radius 2 is 2.04 bits per heavy atom. The van der Waals surface area contributed by atoms with Gasteiger partial charge in [0, 0.05) is 17.7 Å². The summed E-state index contributed by atoms with van der Waals surface area (Å²) in [5, 5.41) is 11.6. The number of aromatic nitrogens is 2. The third-order valence-electron chi connectivity index (χ3n) is 4.40. The number of hydrogen-bond acceptors (Lipinski definition) is 6. The third-order valence-corrected chi connectivity index (χ3v) is 6.55. The highest BCUT2D eigenvalue weighted by Crippen LogP contribution is 2.29. The molecule has 0 saturated carbocycles. The summed E-state index contributed by atoms with van der Waals surface area (Å²) in [4.78, 5) is 19.4. The Bertz CT molecular complexity index is 999. The Morgan fingerprint density at radius 1 is 1.33 bits per heavy atom. The summed E-state index contributed by atoms with van der Waals surface area (Å²) < 4.78 is 19.8. The minimum atomic E-state index is -0.786. The molecule has 1 aromatic carbocycles. The maximum Gasteiger partial charge on any atom is 0.263 e. The summed E-state index contributed by atoms with van der Waals surface area (Å²) in [6.45, 7) is 4.69. The molecule has 0 saturated heterocycles. The highest BCUT2D eigenvalue weighted by molar-refractivity contribution is 7.99. The Kier molecular flexibility index (Phi) is 6.31. The number of rotatable bonds is 7. The average molecular weight is 409 g/mol. The van der Waals surface area contributed by atoms with Crippen molar-refractivity contribution in [3.05, 3.63) is 56.4 Å². The molecule has 8 heteroatoms. The van der Waals surface area contributed by atoms with Gasteiger partial charge in [0.1, 0.15) is 10.6 Å². The summed E-state index contributed by atoms with van der Waals surface area (Å²) in [5.74, 6) is -0.0394. The average Bonchev–Trinajstić information content (AvgIpc) is 2.93. The van der Waals surface area contributed by atoms with Crippen molar-refractivity contribution < 1.29 is 14.2 Å². The van der Waals surface area contributed by atoms with Crippen LogP contribution >= 0.6 is 23.1 Å². The Balaban J connectivity index is 1.92. The lowest BCUT2D eigenvalue weighted by Gasteiger charge is -2.14. The molecule has 0 fully saturated rings. The number of thioether (sulfide) groups is 1. The Morgan fingerprint density at radius 3 is 2.70 bits per heavy atom. The SMILES string of the molecule is COCCn1c(SC[C@H](O)c2ccc(F)cc2)nc2sc(C)c(C)c2c1=O. The maximum absolute atomic E-state index is 13.1. The minimum absolute atomic E-state index is 0.0855. The lowest BCUT2D eigenvalue weighted by molar-refractivity contribution is 0.183. The topological polar surface area (TPSA) is 64.3 Å². The molecular formula is C19H21FN2O3S2. The first-order valence-corrected chi connectivity index (χ1v) is 10.3. The van der Waals surface area contributed by atoms with Crippen LogP contribution in [0.2, 0.25) is 0 Å². The van der Waals surface area contributed by atoms with Crippen LogP contribution in [0.25, 0.3) is 10.2 Å². The van der Waals surface area contributed by atoms with E-state index in [1.165, 1.54) is 35.2 Å². The first-order chi connectivity index (χ1) is 12.9. The van der Waals surface area contributed by atoms with Crippen molar-refractivity contribution in [1.82, 2.24) is 9.55 Å². The zero-order chi connectivity index (χ0) is 19.6. The van der Waals surface area contributed by atoms with Gasteiger partial charge in [-0.3, -0.25) is 9.36 Å². The summed E-state index contributed by atoms with van der Waals surface area (Å²) >= 11 is 2.81. The van der Waals surface area contributed by atoms with Gasteiger partial charge in [-0.25, -0.2) is 9.37 Å². The molecule has 0 aliphatic heterocycles. The van der Waals surface area contributed by atoms with Crippen LogP contribution in [0, 0.1) is 19.7 Å². The van der Waals surface area contributed by atoms with Crippen LogP contribution in [0.1, 0.15) is 22.1 Å². The predicted octanol–water partition coefficient (Wildman–Crippen LogP) is 3.69. The fourth-order valence-corrected chi connectivity index (χ4v) is 4.80. The molecule has 144 valence electrons. The van der Waals surface area contributed by atoms with Gasteiger partial charge in [0.05, 0.1) is 24.6 Å². The van der Waals surface area contributed by atoms with Gasteiger partial charge in [-0.15, -0.1) is 11.3 Å². The lowest BCUT2D eigenvalue weighted by Crippen LogP contribution is -2.25. The van der Waals surface area contributed by atoms with E-state index >= 15 is 0 Å². The number of hydrogen-bond donors (Lipinski definition) is 1. The molecule has 0 unspecified atom stereocenters. The van der Waals surface area contributed by atoms with E-state index in [4.69, 9.17) is 4.74 Å². The van der Waals surface area contributed by atoms with Gasteiger partial charge in [-0.1, -0.05) is 23.9 Å². The van der Waals surface area contributed by atoms with E-state index in [1.807, 2.05) is 13.8 Å². The zero-order valence-electron chi connectivity index (χ0n) is 15.4. The van der Waals surface area contributed by atoms with Crippen LogP contribution in [0.5, 0.6) is 0 Å². The monoisotopic (exact) mass is 408 g/mol. The second-order valence-electron chi connectivity index (χ2n) is 6.19. The molecule has 0 aliphatic rings. The zero-order valence-corrected chi connectivity index (χ0v) is 17.0. The van der Waals surface area contributed by atoms with Gasteiger partial charge >= 0.3 is 0 Å². The smallest absolute Gasteiger partial charge is 0.263 e. The van der Waals surface area contributed by atoms with E-state index in [0.29, 0.717) is 39.8 Å². The van der Waals surface area contributed by atoms with Gasteiger partial charge in [0.15, 0.2) is 5.16 Å². The van der Waals surface area contributed by atoms with Crippen molar-refractivity contribution in [2.24, 2.45) is 0 Å². The number of benzene rings is 1. The number of thiophene rings is 1. The molecule has 0 radical (unpaired) electrons. The van der Waals surface area contributed by atoms with Gasteiger partial charge in [-0.2, -0.15) is 0 Å². The van der Waals surface area contributed by atoms with E-state index in [2.05, 4.69) is 4.98 Å². The number of halogens is 1. The van der Waals surface area contributed by atoms with Crippen molar-refractivity contribution in [1.29, 1.82) is 0 Å². The molecule has 5 nitrogen and oxygen atoms in total. The number of ether oxygens (including phenoxy) is 1. The summed E-state index contributed by atoms with van der Waals surface area (Å²) in [5.41, 5.74) is 1.50. The number of nitrogens with zero attached hydrogens (tertiary/aromatic N) is 2. The normalized spacial score (nSPS) is 12.6. The molecule has 3 aromatic rings. The van der Waals surface area contributed by atoms with E-state index in [-0.39, 0.29) is 11.4 Å². The quantitative estimate of drug-likeness (QED) is 0.477. The van der Waals surface area contributed by atoms with Gasteiger partial charge in [-0.05, 0) is 37.1 Å². The lowest BCUT2D eigenvalue weighted by atomic mass is 10.1. The molecular weight excluding hydrogens is 387 g/mol. The number of fused-ring (bicyclic) bond motifs is 1. The van der Waals surface area contributed by atoms with E-state index < -0.39 is 6.10 Å². The van der Waals surface area contributed by atoms with Crippen molar-refractivity contribution in [2.75, 3.05) is 19.5 Å². The van der Waals surface area contributed by atoms with Crippen LogP contribution < -0.4 is 5.56 Å². The summed E-state index contributed by atoms with van der Waals surface area (Å²) in [6, 6.07) is 5.75. The van der Waals surface area contributed by atoms with Crippen molar-refractivity contribution in [3.8, 4) is 0 Å². The second kappa shape index (κ2) is 8.52. The van der Waals surface area contributed by atoms with Crippen molar-refractivity contribution in [3.63, 3.8) is 0 Å². The molecule has 1 N–H and O–H groups in total. The van der Waals surface area contributed by atoms with Gasteiger partial charge in [0.25, 0.3) is 5.56 Å². The van der Waals surface area contributed by atoms with Crippen LogP contribution in [0.15, 0.2) is 34.2 Å². The van der Waals surface area contributed by atoms with E-state index in [9.17, 15) is 14.3 Å². The van der Waals surface area contributed by atoms with Crippen LogP contribution in [0.4, 0.5) is 4.39 Å². The molecule has 0 aliphatic carbocycles. The second-order valence-corrected chi connectivity index (χ2v) is 8.38. The summed E-state index contributed by atoms with van der Waals surface area (Å²) in [6.07, 6.45) is -0.786. The highest BCUT2D eigenvalue weighted by atomic mass is 32.2. The highest BCUT2D eigenvalue weighted by Gasteiger charge is 2.18. The van der Waals surface area contributed by atoms with Crippen molar-refractivity contribution in [2.45, 2.75) is 31.7 Å². The molecule has 0 bridgehead atoms. The van der Waals surface area contributed by atoms with Crippen molar-refractivity contribution >= 4 is 33.3 Å². The Labute approximate surface area is 164 Å². The standard InChI is InChI=1S/C19H21FN2O3S2/c1-11-12(2)27-17-16(11)18(24)22(8-9-25-3)19(21-17)26-10-15(23)13-4-6-14(20)7-5-13/h4-7,15,23H,8-10H2,1-3H3/t15-/m0/s1. The molecule has 3 rings (SSSR count). The third kappa shape index (κ3) is 4.24. The molecule has 1 atom stereocenters. The molecule has 0 amide bonds. The minimum Gasteiger partial charge on any atom is -0.388 e. The molecule has 0 spiro atoms. The number of methoxy groups -OCH3 is 1. The molecule has 2 aromatic heterocycles. The fraction of sp³-hybridized carbons (Fsp3) is 0.368. The molecule has 27 heavy (non-hydrogen) atoms. The summed E-state index contributed by atoms with van der Waals surface area (Å²) in [7, 11) is 1.59. The van der Waals surface area contributed by atoms with E-state index in [1.54, 1.807) is 23.8 Å². The number of aliphatic hydroxyl groups excluding tert-OH is 1. The first-order valence-electron chi connectivity index (χ1n) is 8.48. The molecule has 2 heterocycles. The van der Waals surface area contributed by atoms with Gasteiger partial charge in [0.2, 0.25) is 0 Å².